The maximum atomic E-state index is 13.3. The van der Waals surface area contributed by atoms with Crippen LogP contribution in [-0.4, -0.2) is 34.2 Å². The van der Waals surface area contributed by atoms with Gasteiger partial charge in [0.25, 0.3) is 5.91 Å². The van der Waals surface area contributed by atoms with Crippen molar-refractivity contribution in [3.8, 4) is 0 Å². The number of carbonyl (C=O) groups is 2. The summed E-state index contributed by atoms with van der Waals surface area (Å²) in [6, 6.07) is 5.40. The number of amides is 1. The lowest BCUT2D eigenvalue weighted by Crippen LogP contribution is -2.42. The van der Waals surface area contributed by atoms with E-state index in [-0.39, 0.29) is 12.1 Å². The molecule has 18 heavy (non-hydrogen) atoms. The molecule has 0 radical (unpaired) electrons. The molecule has 0 bridgehead atoms. The van der Waals surface area contributed by atoms with E-state index in [1.165, 1.54) is 25.1 Å². The molecule has 1 aromatic rings. The predicted molar refractivity (Wildman–Crippen MR) is 61.6 cm³/mol. The minimum absolute atomic E-state index is 0.149. The number of carboxylic acid groups (broad SMARTS) is 1. The molecule has 0 aliphatic rings. The monoisotopic (exact) mass is 255 g/mol. The molecule has 6 heteroatoms. The van der Waals surface area contributed by atoms with Crippen molar-refractivity contribution >= 4 is 11.9 Å². The summed E-state index contributed by atoms with van der Waals surface area (Å²) in [5.41, 5.74) is -1.73. The first kappa shape index (κ1) is 14.1. The van der Waals surface area contributed by atoms with E-state index in [0.29, 0.717) is 0 Å². The van der Waals surface area contributed by atoms with Gasteiger partial charge >= 0.3 is 5.97 Å². The fourth-order valence-electron chi connectivity index (χ4n) is 1.40. The summed E-state index contributed by atoms with van der Waals surface area (Å²) in [6.45, 7) is 1.01. The van der Waals surface area contributed by atoms with Gasteiger partial charge in [-0.1, -0.05) is 12.1 Å². The Kier molecular flexibility index (Phi) is 4.38. The first-order valence-corrected chi connectivity index (χ1v) is 5.29. The molecule has 0 fully saturated rings. The smallest absolute Gasteiger partial charge is 0.306 e. The Morgan fingerprint density at radius 3 is 2.56 bits per heavy atom. The van der Waals surface area contributed by atoms with Gasteiger partial charge in [0, 0.05) is 6.54 Å². The average molecular weight is 255 g/mol. The highest BCUT2D eigenvalue weighted by Crippen LogP contribution is 2.09. The summed E-state index contributed by atoms with van der Waals surface area (Å²) in [6.07, 6.45) is -0.509. The third-order valence-electron chi connectivity index (χ3n) is 2.28. The average Bonchev–Trinajstić information content (AvgIpc) is 2.25. The molecule has 1 rings (SSSR count). The molecule has 0 aliphatic carbocycles. The maximum absolute atomic E-state index is 13.3. The minimum Gasteiger partial charge on any atom is -0.481 e. The van der Waals surface area contributed by atoms with E-state index in [1.807, 2.05) is 0 Å². The Bertz CT molecular complexity index is 459. The molecule has 0 aromatic heterocycles. The second-order valence-corrected chi connectivity index (χ2v) is 4.23. The SMILES string of the molecule is CC(O)(CNC(=O)c1ccccc1F)CC(=O)O. The Hall–Kier alpha value is -1.95. The number of aliphatic hydroxyl groups is 1. The number of rotatable bonds is 5. The lowest BCUT2D eigenvalue weighted by atomic mass is 10.0. The van der Waals surface area contributed by atoms with Gasteiger partial charge in [-0.15, -0.1) is 0 Å². The third-order valence-corrected chi connectivity index (χ3v) is 2.28. The Morgan fingerprint density at radius 1 is 1.39 bits per heavy atom. The topological polar surface area (TPSA) is 86.6 Å². The van der Waals surface area contributed by atoms with Crippen molar-refractivity contribution in [3.63, 3.8) is 0 Å². The maximum Gasteiger partial charge on any atom is 0.306 e. The fraction of sp³-hybridized carbons (Fsp3) is 0.333. The van der Waals surface area contributed by atoms with Crippen LogP contribution in [0.5, 0.6) is 0 Å². The van der Waals surface area contributed by atoms with Gasteiger partial charge in [-0.3, -0.25) is 9.59 Å². The highest BCUT2D eigenvalue weighted by atomic mass is 19.1. The van der Waals surface area contributed by atoms with E-state index in [4.69, 9.17) is 5.11 Å². The molecule has 1 aromatic carbocycles. The molecule has 98 valence electrons. The standard InChI is InChI=1S/C12H14FNO4/c1-12(18,6-10(15)16)7-14-11(17)8-4-2-3-5-9(8)13/h2-5,18H,6-7H2,1H3,(H,14,17)(H,15,16). The number of benzene rings is 1. The van der Waals surface area contributed by atoms with Crippen LogP contribution in [0.3, 0.4) is 0 Å². The third kappa shape index (κ3) is 4.14. The van der Waals surface area contributed by atoms with Crippen LogP contribution < -0.4 is 5.32 Å². The van der Waals surface area contributed by atoms with Crippen LogP contribution in [0.25, 0.3) is 0 Å². The Labute approximate surface area is 103 Å². The van der Waals surface area contributed by atoms with E-state index < -0.39 is 29.7 Å². The number of halogens is 1. The van der Waals surface area contributed by atoms with Gasteiger partial charge in [-0.05, 0) is 19.1 Å². The summed E-state index contributed by atoms with van der Waals surface area (Å²) in [5, 5.41) is 20.5. The summed E-state index contributed by atoms with van der Waals surface area (Å²) in [5.74, 6) is -2.55. The van der Waals surface area contributed by atoms with E-state index in [2.05, 4.69) is 5.32 Å². The van der Waals surface area contributed by atoms with Gasteiger partial charge < -0.3 is 15.5 Å². The molecule has 0 spiro atoms. The number of carboxylic acids is 1. The van der Waals surface area contributed by atoms with Crippen molar-refractivity contribution in [1.82, 2.24) is 5.32 Å². The van der Waals surface area contributed by atoms with Crippen molar-refractivity contribution in [2.75, 3.05) is 6.54 Å². The molecule has 0 aliphatic heterocycles. The lowest BCUT2D eigenvalue weighted by Gasteiger charge is -2.21. The number of hydrogen-bond acceptors (Lipinski definition) is 3. The highest BCUT2D eigenvalue weighted by molar-refractivity contribution is 5.94. The number of hydrogen-bond donors (Lipinski definition) is 3. The molecular weight excluding hydrogens is 241 g/mol. The summed E-state index contributed by atoms with van der Waals surface area (Å²) in [7, 11) is 0. The predicted octanol–water partition coefficient (Wildman–Crippen LogP) is 0.781. The van der Waals surface area contributed by atoms with Crippen molar-refractivity contribution in [2.45, 2.75) is 18.9 Å². The first-order chi connectivity index (χ1) is 8.32. The van der Waals surface area contributed by atoms with Crippen LogP contribution in [0.4, 0.5) is 4.39 Å². The van der Waals surface area contributed by atoms with Crippen LogP contribution in [-0.2, 0) is 4.79 Å². The molecule has 5 nitrogen and oxygen atoms in total. The fourth-order valence-corrected chi connectivity index (χ4v) is 1.40. The number of aliphatic carboxylic acids is 1. The van der Waals surface area contributed by atoms with Gasteiger partial charge in [0.1, 0.15) is 5.82 Å². The van der Waals surface area contributed by atoms with E-state index in [1.54, 1.807) is 0 Å². The summed E-state index contributed by atoms with van der Waals surface area (Å²) < 4.78 is 13.3. The molecule has 1 atom stereocenters. The molecule has 1 amide bonds. The van der Waals surface area contributed by atoms with Gasteiger partial charge in [-0.25, -0.2) is 4.39 Å². The summed E-state index contributed by atoms with van der Waals surface area (Å²) in [4.78, 5) is 22.0. The lowest BCUT2D eigenvalue weighted by molar-refractivity contribution is -0.141. The van der Waals surface area contributed by atoms with Crippen LogP contribution >= 0.6 is 0 Å². The minimum atomic E-state index is -1.58. The van der Waals surface area contributed by atoms with Crippen molar-refractivity contribution in [1.29, 1.82) is 0 Å². The summed E-state index contributed by atoms with van der Waals surface area (Å²) >= 11 is 0. The molecule has 1 unspecified atom stereocenters. The van der Waals surface area contributed by atoms with Crippen molar-refractivity contribution in [2.24, 2.45) is 0 Å². The second kappa shape index (κ2) is 5.59. The largest absolute Gasteiger partial charge is 0.481 e. The van der Waals surface area contributed by atoms with Crippen LogP contribution in [0, 0.1) is 5.82 Å². The van der Waals surface area contributed by atoms with Gasteiger partial charge in [-0.2, -0.15) is 0 Å². The second-order valence-electron chi connectivity index (χ2n) is 4.23. The molecule has 0 saturated carbocycles. The highest BCUT2D eigenvalue weighted by Gasteiger charge is 2.25. The molecule has 3 N–H and O–H groups in total. The van der Waals surface area contributed by atoms with E-state index in [9.17, 15) is 19.1 Å². The van der Waals surface area contributed by atoms with Crippen LogP contribution in [0.1, 0.15) is 23.7 Å². The Balaban J connectivity index is 2.62. The number of carbonyl (C=O) groups excluding carboxylic acids is 1. The van der Waals surface area contributed by atoms with Gasteiger partial charge in [0.2, 0.25) is 0 Å². The normalized spacial score (nSPS) is 13.7. The molecule has 0 heterocycles. The van der Waals surface area contributed by atoms with Crippen molar-refractivity contribution < 1.29 is 24.2 Å². The Morgan fingerprint density at radius 2 is 2.00 bits per heavy atom. The van der Waals surface area contributed by atoms with Gasteiger partial charge in [0.15, 0.2) is 0 Å². The van der Waals surface area contributed by atoms with Crippen LogP contribution in [0.2, 0.25) is 0 Å². The quantitative estimate of drug-likeness (QED) is 0.725. The molecule has 0 saturated heterocycles. The van der Waals surface area contributed by atoms with Crippen molar-refractivity contribution in [3.05, 3.63) is 35.6 Å². The first-order valence-electron chi connectivity index (χ1n) is 5.29. The van der Waals surface area contributed by atoms with E-state index >= 15 is 0 Å². The van der Waals surface area contributed by atoms with E-state index in [0.717, 1.165) is 6.07 Å². The molecular formula is C12H14FNO4. The zero-order valence-electron chi connectivity index (χ0n) is 9.81. The zero-order chi connectivity index (χ0) is 13.8. The zero-order valence-corrected chi connectivity index (χ0v) is 9.81. The van der Waals surface area contributed by atoms with Crippen LogP contribution in [0.15, 0.2) is 24.3 Å². The van der Waals surface area contributed by atoms with Gasteiger partial charge in [0.05, 0.1) is 17.6 Å². The number of nitrogens with one attached hydrogen (secondary N) is 1.